The lowest BCUT2D eigenvalue weighted by Gasteiger charge is -2.30. The minimum atomic E-state index is 0. The number of rotatable bonds is 6. The maximum Gasteiger partial charge on any atom is 0.241 e. The Labute approximate surface area is 159 Å². The topological polar surface area (TPSA) is 72.7 Å². The highest BCUT2D eigenvalue weighted by Gasteiger charge is 2.21. The highest BCUT2D eigenvalue weighted by atomic mass is 35.5. The van der Waals surface area contributed by atoms with E-state index in [1.54, 1.807) is 0 Å². The Morgan fingerprint density at radius 3 is 2.81 bits per heavy atom. The van der Waals surface area contributed by atoms with Gasteiger partial charge in [-0.25, -0.2) is 0 Å². The molecule has 2 aromatic rings. The minimum Gasteiger partial charge on any atom is -0.454 e. The molecule has 1 aromatic heterocycles. The average Bonchev–Trinajstić information content (AvgIpc) is 3.29. The van der Waals surface area contributed by atoms with Gasteiger partial charge in [-0.3, -0.25) is 4.90 Å². The highest BCUT2D eigenvalue weighted by molar-refractivity contribution is 5.85. The van der Waals surface area contributed by atoms with Crippen molar-refractivity contribution in [3.05, 3.63) is 24.1 Å². The first-order valence-electron chi connectivity index (χ1n) is 8.91. The lowest BCUT2D eigenvalue weighted by atomic mass is 9.93. The first kappa shape index (κ1) is 18.9. The summed E-state index contributed by atoms with van der Waals surface area (Å²) in [6.07, 6.45) is 3.74. The maximum absolute atomic E-state index is 5.45. The first-order chi connectivity index (χ1) is 12.3. The number of nitrogens with one attached hydrogen (secondary N) is 1. The molecule has 2 aliphatic rings. The lowest BCUT2D eigenvalue weighted by Crippen LogP contribution is -2.34. The molecule has 0 saturated carbocycles. The van der Waals surface area contributed by atoms with Crippen LogP contribution in [0.15, 0.2) is 22.7 Å². The molecule has 8 heteroatoms. The molecule has 142 valence electrons. The van der Waals surface area contributed by atoms with E-state index in [1.807, 2.05) is 25.2 Å². The second-order valence-corrected chi connectivity index (χ2v) is 6.69. The number of likely N-dealkylation sites (tertiary alicyclic amines) is 1. The number of benzene rings is 1. The minimum absolute atomic E-state index is 0. The summed E-state index contributed by atoms with van der Waals surface area (Å²) in [7, 11) is 2.02. The predicted octanol–water partition coefficient (Wildman–Crippen LogP) is 2.71. The second kappa shape index (κ2) is 8.70. The fraction of sp³-hybridized carbons (Fsp3) is 0.556. The van der Waals surface area contributed by atoms with E-state index in [0.29, 0.717) is 11.7 Å². The molecule has 1 N–H and O–H groups in total. The number of hydrogen-bond donors (Lipinski definition) is 1. The van der Waals surface area contributed by atoms with Gasteiger partial charge in [0.2, 0.25) is 18.5 Å². The van der Waals surface area contributed by atoms with Gasteiger partial charge in [0, 0.05) is 5.56 Å². The van der Waals surface area contributed by atoms with Crippen molar-refractivity contribution in [1.82, 2.24) is 20.4 Å². The van der Waals surface area contributed by atoms with Crippen LogP contribution in [0.3, 0.4) is 0 Å². The average molecular weight is 381 g/mol. The summed E-state index contributed by atoms with van der Waals surface area (Å²) < 4.78 is 16.2. The summed E-state index contributed by atoms with van der Waals surface area (Å²) in [4.78, 5) is 6.94. The monoisotopic (exact) mass is 380 g/mol. The summed E-state index contributed by atoms with van der Waals surface area (Å²) in [5.74, 6) is 3.58. The summed E-state index contributed by atoms with van der Waals surface area (Å²) in [6.45, 7) is 4.27. The van der Waals surface area contributed by atoms with Gasteiger partial charge in [-0.15, -0.1) is 12.4 Å². The highest BCUT2D eigenvalue weighted by Crippen LogP contribution is 2.35. The molecule has 2 aliphatic heterocycles. The van der Waals surface area contributed by atoms with Gasteiger partial charge in [-0.2, -0.15) is 4.98 Å². The lowest BCUT2D eigenvalue weighted by molar-refractivity contribution is 0.155. The number of fused-ring (bicyclic) bond motifs is 1. The van der Waals surface area contributed by atoms with Gasteiger partial charge in [-0.1, -0.05) is 5.16 Å². The molecule has 3 heterocycles. The van der Waals surface area contributed by atoms with Gasteiger partial charge in [0.15, 0.2) is 11.5 Å². The fourth-order valence-electron chi connectivity index (χ4n) is 3.44. The van der Waals surface area contributed by atoms with Crippen LogP contribution in [-0.2, 0) is 6.54 Å². The quantitative estimate of drug-likeness (QED) is 0.825. The molecule has 0 radical (unpaired) electrons. The van der Waals surface area contributed by atoms with E-state index in [4.69, 9.17) is 14.0 Å². The Hall–Kier alpha value is -1.83. The van der Waals surface area contributed by atoms with Crippen molar-refractivity contribution in [2.45, 2.75) is 25.8 Å². The Morgan fingerprint density at radius 2 is 2.00 bits per heavy atom. The van der Waals surface area contributed by atoms with Crippen molar-refractivity contribution in [2.75, 3.05) is 33.5 Å². The summed E-state index contributed by atoms with van der Waals surface area (Å²) >= 11 is 0. The van der Waals surface area contributed by atoms with Crippen LogP contribution in [0.2, 0.25) is 0 Å². The Kier molecular flexibility index (Phi) is 6.34. The van der Waals surface area contributed by atoms with Crippen molar-refractivity contribution in [2.24, 2.45) is 5.92 Å². The molecule has 0 bridgehead atoms. The Morgan fingerprint density at radius 1 is 1.19 bits per heavy atom. The molecule has 1 saturated heterocycles. The molecular weight excluding hydrogens is 356 g/mol. The zero-order valence-corrected chi connectivity index (χ0v) is 15.8. The van der Waals surface area contributed by atoms with Crippen LogP contribution < -0.4 is 14.8 Å². The summed E-state index contributed by atoms with van der Waals surface area (Å²) in [5, 5.41) is 7.35. The zero-order chi connectivity index (χ0) is 17.1. The predicted molar refractivity (Wildman–Crippen MR) is 99.6 cm³/mol. The number of piperidine rings is 1. The molecule has 1 fully saturated rings. The van der Waals surface area contributed by atoms with E-state index >= 15 is 0 Å². The van der Waals surface area contributed by atoms with Crippen molar-refractivity contribution in [3.63, 3.8) is 0 Å². The van der Waals surface area contributed by atoms with Crippen LogP contribution in [0.1, 0.15) is 25.2 Å². The smallest absolute Gasteiger partial charge is 0.241 e. The van der Waals surface area contributed by atoms with E-state index < -0.39 is 0 Å². The van der Waals surface area contributed by atoms with E-state index in [1.165, 1.54) is 19.3 Å². The van der Waals surface area contributed by atoms with Crippen molar-refractivity contribution in [3.8, 4) is 22.9 Å². The largest absolute Gasteiger partial charge is 0.454 e. The molecule has 7 nitrogen and oxygen atoms in total. The molecule has 0 atom stereocenters. The molecule has 1 aromatic carbocycles. The first-order valence-corrected chi connectivity index (χ1v) is 8.91. The molecule has 0 unspecified atom stereocenters. The van der Waals surface area contributed by atoms with Gasteiger partial charge in [0.05, 0.1) is 6.54 Å². The van der Waals surface area contributed by atoms with Gasteiger partial charge in [-0.05, 0) is 70.1 Å². The van der Waals surface area contributed by atoms with E-state index in [9.17, 15) is 0 Å². The molecule has 0 spiro atoms. The van der Waals surface area contributed by atoms with Gasteiger partial charge < -0.3 is 19.3 Å². The van der Waals surface area contributed by atoms with Gasteiger partial charge in [0.1, 0.15) is 0 Å². The van der Waals surface area contributed by atoms with Crippen molar-refractivity contribution < 1.29 is 14.0 Å². The SMILES string of the molecule is CNCCC1CCN(Cc2nc(-c3ccc4c(c3)OCO4)no2)CC1.Cl. The van der Waals surface area contributed by atoms with E-state index in [-0.39, 0.29) is 19.2 Å². The molecule has 0 amide bonds. The number of ether oxygens (including phenoxy) is 2. The molecular formula is C18H25ClN4O3. The third kappa shape index (κ3) is 4.28. The van der Waals surface area contributed by atoms with Crippen LogP contribution in [0.5, 0.6) is 11.5 Å². The van der Waals surface area contributed by atoms with Crippen LogP contribution >= 0.6 is 12.4 Å². The normalized spacial score (nSPS) is 17.3. The van der Waals surface area contributed by atoms with Crippen LogP contribution in [0.25, 0.3) is 11.4 Å². The van der Waals surface area contributed by atoms with Gasteiger partial charge >= 0.3 is 0 Å². The van der Waals surface area contributed by atoms with E-state index in [2.05, 4.69) is 20.4 Å². The molecule has 0 aliphatic carbocycles. The Balaban J connectivity index is 0.00000196. The summed E-state index contributed by atoms with van der Waals surface area (Å²) in [6, 6.07) is 5.70. The van der Waals surface area contributed by atoms with Gasteiger partial charge in [0.25, 0.3) is 0 Å². The number of nitrogens with zero attached hydrogens (tertiary/aromatic N) is 3. The van der Waals surface area contributed by atoms with E-state index in [0.717, 1.165) is 49.2 Å². The van der Waals surface area contributed by atoms with Crippen LogP contribution in [-0.4, -0.2) is 48.5 Å². The third-order valence-corrected chi connectivity index (χ3v) is 4.97. The third-order valence-electron chi connectivity index (χ3n) is 4.97. The molecule has 4 rings (SSSR count). The number of aromatic nitrogens is 2. The number of halogens is 1. The van der Waals surface area contributed by atoms with Crippen molar-refractivity contribution >= 4 is 12.4 Å². The second-order valence-electron chi connectivity index (χ2n) is 6.69. The Bertz CT molecular complexity index is 716. The summed E-state index contributed by atoms with van der Waals surface area (Å²) in [5.41, 5.74) is 0.880. The standard InChI is InChI=1S/C18H24N4O3.ClH/c1-19-7-4-13-5-8-22(9-6-13)11-17-20-18(21-25-17)14-2-3-15-16(10-14)24-12-23-15;/h2-3,10,13,19H,4-9,11-12H2,1H3;1H. The fourth-order valence-corrected chi connectivity index (χ4v) is 3.44. The zero-order valence-electron chi connectivity index (χ0n) is 14.9. The molecule has 26 heavy (non-hydrogen) atoms. The number of hydrogen-bond acceptors (Lipinski definition) is 7. The van der Waals surface area contributed by atoms with Crippen LogP contribution in [0, 0.1) is 5.92 Å². The maximum atomic E-state index is 5.45. The van der Waals surface area contributed by atoms with Crippen molar-refractivity contribution in [1.29, 1.82) is 0 Å². The van der Waals surface area contributed by atoms with Crippen LogP contribution in [0.4, 0.5) is 0 Å².